The highest BCUT2D eigenvalue weighted by Gasteiger charge is 2.48. The fraction of sp³-hybridized carbons (Fsp3) is 0.421. The first-order valence-electron chi connectivity index (χ1n) is 8.83. The van der Waals surface area contributed by atoms with Crippen LogP contribution in [0.1, 0.15) is 23.2 Å². The second kappa shape index (κ2) is 7.21. The van der Waals surface area contributed by atoms with E-state index in [1.54, 1.807) is 42.7 Å². The van der Waals surface area contributed by atoms with Crippen molar-refractivity contribution >= 4 is 23.5 Å². The van der Waals surface area contributed by atoms with Gasteiger partial charge in [0.25, 0.3) is 5.91 Å². The Labute approximate surface area is 157 Å². The molecular weight excluding hydrogens is 352 g/mol. The van der Waals surface area contributed by atoms with Gasteiger partial charge in [0.1, 0.15) is 5.60 Å². The molecule has 2 aliphatic heterocycles. The Morgan fingerprint density at radius 2 is 2.12 bits per heavy atom. The van der Waals surface area contributed by atoms with Gasteiger partial charge in [-0.25, -0.2) is 9.97 Å². The van der Waals surface area contributed by atoms with Crippen LogP contribution in [-0.2, 0) is 4.74 Å². The molecule has 0 aliphatic carbocycles. The van der Waals surface area contributed by atoms with Crippen LogP contribution < -0.4 is 5.32 Å². The number of likely N-dealkylation sites (tertiary alicyclic amines) is 1. The van der Waals surface area contributed by atoms with Gasteiger partial charge in [0.15, 0.2) is 0 Å². The first kappa shape index (κ1) is 17.2. The molecule has 1 N–H and O–H groups in total. The van der Waals surface area contributed by atoms with Crippen molar-refractivity contribution < 1.29 is 9.53 Å². The normalized spacial score (nSPS) is 21.3. The van der Waals surface area contributed by atoms with Crippen LogP contribution in [0.5, 0.6) is 0 Å². The third kappa shape index (κ3) is 3.66. The van der Waals surface area contributed by atoms with Crippen LogP contribution in [0.15, 0.2) is 42.7 Å². The smallest absolute Gasteiger partial charge is 0.254 e. The number of carbonyl (C=O) groups excluding carboxylic acids is 1. The number of hydrogen-bond donors (Lipinski definition) is 1. The molecule has 0 saturated carbocycles. The highest BCUT2D eigenvalue weighted by Crippen LogP contribution is 2.36. The number of anilines is 1. The lowest BCUT2D eigenvalue weighted by Gasteiger charge is -2.52. The number of ether oxygens (including phenoxy) is 1. The summed E-state index contributed by atoms with van der Waals surface area (Å²) in [5.41, 5.74) is 0.460. The standard InChI is InChI=1S/C19H21ClN4O2/c20-16-4-1-3-15(9-16)17(25)24-12-19(13-24)6-5-14(11-26-19)10-23-18-21-7-2-8-22-18/h1-4,7-9,14H,5-6,10-13H2,(H,21,22,23)/t14-/m0/s1. The van der Waals surface area contributed by atoms with E-state index in [1.807, 2.05) is 4.90 Å². The van der Waals surface area contributed by atoms with Gasteiger partial charge in [-0.15, -0.1) is 0 Å². The Balaban J connectivity index is 1.25. The zero-order chi connectivity index (χ0) is 18.0. The molecule has 1 atom stereocenters. The lowest BCUT2D eigenvalue weighted by atomic mass is 9.82. The number of halogens is 1. The van der Waals surface area contributed by atoms with E-state index in [2.05, 4.69) is 15.3 Å². The highest BCUT2D eigenvalue weighted by molar-refractivity contribution is 6.30. The minimum Gasteiger partial charge on any atom is -0.371 e. The number of amides is 1. The summed E-state index contributed by atoms with van der Waals surface area (Å²) in [5.74, 6) is 1.10. The van der Waals surface area contributed by atoms with Gasteiger partial charge in [-0.05, 0) is 43.0 Å². The van der Waals surface area contributed by atoms with Crippen molar-refractivity contribution in [2.24, 2.45) is 5.92 Å². The first-order chi connectivity index (χ1) is 12.6. The SMILES string of the molecule is O=C(c1cccc(Cl)c1)N1CC2(CC[C@@H](CNc3ncccn3)CO2)C1. The van der Waals surface area contributed by atoms with Gasteiger partial charge >= 0.3 is 0 Å². The molecule has 0 radical (unpaired) electrons. The lowest BCUT2D eigenvalue weighted by Crippen LogP contribution is -2.66. The Hall–Kier alpha value is -2.18. The molecule has 2 aliphatic rings. The van der Waals surface area contributed by atoms with Crippen LogP contribution in [-0.4, -0.2) is 52.6 Å². The fourth-order valence-corrected chi connectivity index (χ4v) is 3.74. The van der Waals surface area contributed by atoms with Gasteiger partial charge in [-0.2, -0.15) is 0 Å². The van der Waals surface area contributed by atoms with E-state index >= 15 is 0 Å². The maximum absolute atomic E-state index is 12.5. The minimum absolute atomic E-state index is 0.0201. The van der Waals surface area contributed by atoms with E-state index in [0.29, 0.717) is 42.1 Å². The predicted molar refractivity (Wildman–Crippen MR) is 99.3 cm³/mol. The average Bonchev–Trinajstić information content (AvgIpc) is 2.65. The number of aromatic nitrogens is 2. The molecule has 0 bridgehead atoms. The van der Waals surface area contributed by atoms with Crippen LogP contribution in [0.2, 0.25) is 5.02 Å². The topological polar surface area (TPSA) is 67.4 Å². The summed E-state index contributed by atoms with van der Waals surface area (Å²) in [6.45, 7) is 2.80. The Morgan fingerprint density at radius 1 is 1.31 bits per heavy atom. The van der Waals surface area contributed by atoms with Gasteiger partial charge in [0.2, 0.25) is 5.95 Å². The molecule has 2 aromatic rings. The van der Waals surface area contributed by atoms with Crippen LogP contribution in [0.4, 0.5) is 5.95 Å². The van der Waals surface area contributed by atoms with Gasteiger partial charge in [-0.3, -0.25) is 4.79 Å². The molecular formula is C19H21ClN4O2. The second-order valence-electron chi connectivity index (χ2n) is 7.02. The van der Waals surface area contributed by atoms with E-state index in [9.17, 15) is 4.79 Å². The van der Waals surface area contributed by atoms with Crippen LogP contribution in [0.25, 0.3) is 0 Å². The molecule has 1 aromatic carbocycles. The molecule has 26 heavy (non-hydrogen) atoms. The molecule has 136 valence electrons. The summed E-state index contributed by atoms with van der Waals surface area (Å²) < 4.78 is 6.14. The highest BCUT2D eigenvalue weighted by atomic mass is 35.5. The predicted octanol–water partition coefficient (Wildman–Crippen LogP) is 2.86. The van der Waals surface area contributed by atoms with E-state index in [1.165, 1.54) is 0 Å². The molecule has 3 heterocycles. The van der Waals surface area contributed by atoms with Crippen molar-refractivity contribution in [2.45, 2.75) is 18.4 Å². The molecule has 2 fully saturated rings. The summed E-state index contributed by atoms with van der Waals surface area (Å²) in [7, 11) is 0. The number of hydrogen-bond acceptors (Lipinski definition) is 5. The maximum Gasteiger partial charge on any atom is 0.254 e. The maximum atomic E-state index is 12.5. The summed E-state index contributed by atoms with van der Waals surface area (Å²) in [5, 5.41) is 3.83. The zero-order valence-corrected chi connectivity index (χ0v) is 15.2. The second-order valence-corrected chi connectivity index (χ2v) is 7.46. The third-order valence-corrected chi connectivity index (χ3v) is 5.30. The van der Waals surface area contributed by atoms with Crippen LogP contribution >= 0.6 is 11.6 Å². The van der Waals surface area contributed by atoms with Crippen LogP contribution in [0, 0.1) is 5.92 Å². The van der Waals surface area contributed by atoms with Crippen molar-refractivity contribution in [3.63, 3.8) is 0 Å². The Morgan fingerprint density at radius 3 is 2.81 bits per heavy atom. The summed E-state index contributed by atoms with van der Waals surface area (Å²) in [6.07, 6.45) is 5.48. The van der Waals surface area contributed by atoms with Gasteiger partial charge < -0.3 is 15.0 Å². The largest absolute Gasteiger partial charge is 0.371 e. The molecule has 0 unspecified atom stereocenters. The molecule has 1 aromatic heterocycles. The lowest BCUT2D eigenvalue weighted by molar-refractivity contribution is -0.165. The molecule has 1 amide bonds. The zero-order valence-electron chi connectivity index (χ0n) is 14.4. The quantitative estimate of drug-likeness (QED) is 0.893. The Kier molecular flexibility index (Phi) is 4.78. The Bertz CT molecular complexity index is 770. The molecule has 4 rings (SSSR count). The van der Waals surface area contributed by atoms with E-state index < -0.39 is 0 Å². The van der Waals surface area contributed by atoms with Crippen molar-refractivity contribution in [1.29, 1.82) is 0 Å². The molecule has 2 saturated heterocycles. The van der Waals surface area contributed by atoms with E-state index in [-0.39, 0.29) is 11.5 Å². The molecule has 1 spiro atoms. The van der Waals surface area contributed by atoms with Gasteiger partial charge in [0, 0.05) is 29.5 Å². The first-order valence-corrected chi connectivity index (χ1v) is 9.21. The summed E-state index contributed by atoms with van der Waals surface area (Å²) >= 11 is 5.98. The summed E-state index contributed by atoms with van der Waals surface area (Å²) in [4.78, 5) is 22.7. The van der Waals surface area contributed by atoms with Gasteiger partial charge in [-0.1, -0.05) is 17.7 Å². The van der Waals surface area contributed by atoms with Gasteiger partial charge in [0.05, 0.1) is 19.7 Å². The number of nitrogens with zero attached hydrogens (tertiary/aromatic N) is 3. The summed E-state index contributed by atoms with van der Waals surface area (Å²) in [6, 6.07) is 8.88. The number of benzene rings is 1. The fourth-order valence-electron chi connectivity index (χ4n) is 3.55. The van der Waals surface area contributed by atoms with Crippen LogP contribution in [0.3, 0.4) is 0 Å². The van der Waals surface area contributed by atoms with Crippen molar-refractivity contribution in [2.75, 3.05) is 31.6 Å². The van der Waals surface area contributed by atoms with E-state index in [0.717, 1.165) is 19.4 Å². The average molecular weight is 373 g/mol. The van der Waals surface area contributed by atoms with Crippen molar-refractivity contribution in [3.8, 4) is 0 Å². The number of carbonyl (C=O) groups is 1. The minimum atomic E-state index is -0.173. The monoisotopic (exact) mass is 372 g/mol. The number of rotatable bonds is 4. The van der Waals surface area contributed by atoms with E-state index in [4.69, 9.17) is 16.3 Å². The van der Waals surface area contributed by atoms with Crippen molar-refractivity contribution in [3.05, 3.63) is 53.3 Å². The molecule has 6 nitrogen and oxygen atoms in total. The number of nitrogens with one attached hydrogen (secondary N) is 1. The molecule has 7 heteroatoms. The van der Waals surface area contributed by atoms with Crippen molar-refractivity contribution in [1.82, 2.24) is 14.9 Å². The third-order valence-electron chi connectivity index (χ3n) is 5.06.